The van der Waals surface area contributed by atoms with Gasteiger partial charge in [0.2, 0.25) is 0 Å². The van der Waals surface area contributed by atoms with Gasteiger partial charge in [-0.05, 0) is 30.0 Å². The third kappa shape index (κ3) is 3.16. The molecule has 1 aliphatic rings. The van der Waals surface area contributed by atoms with Crippen molar-refractivity contribution in [1.82, 2.24) is 14.5 Å². The molecule has 0 amide bonds. The van der Waals surface area contributed by atoms with Crippen LogP contribution in [0.1, 0.15) is 19.3 Å². The molecule has 1 aromatic carbocycles. The summed E-state index contributed by atoms with van der Waals surface area (Å²) < 4.78 is 15.2. The van der Waals surface area contributed by atoms with Crippen molar-refractivity contribution < 1.29 is 4.21 Å². The highest BCUT2D eigenvalue weighted by Crippen LogP contribution is 2.44. The number of thiophene rings is 1. The zero-order valence-electron chi connectivity index (χ0n) is 16.4. The number of aromatic nitrogens is 3. The van der Waals surface area contributed by atoms with E-state index in [9.17, 15) is 9.00 Å². The van der Waals surface area contributed by atoms with Crippen LogP contribution in [0.4, 0.5) is 5.69 Å². The molecule has 30 heavy (non-hydrogen) atoms. The number of fused-ring (bicyclic) bond motifs is 1. The maximum atomic E-state index is 13.1. The van der Waals surface area contributed by atoms with Crippen molar-refractivity contribution in [3.63, 3.8) is 0 Å². The van der Waals surface area contributed by atoms with Crippen molar-refractivity contribution in [1.29, 1.82) is 0 Å². The monoisotopic (exact) mass is 436 g/mol. The average molecular weight is 437 g/mol. The van der Waals surface area contributed by atoms with Gasteiger partial charge in [0, 0.05) is 23.8 Å². The van der Waals surface area contributed by atoms with Crippen LogP contribution in [0.2, 0.25) is 0 Å². The minimum absolute atomic E-state index is 0.152. The molecule has 6 nitrogen and oxygen atoms in total. The predicted octanol–water partition coefficient (Wildman–Crippen LogP) is 3.97. The number of aryl methyl sites for hydroxylation is 1. The fourth-order valence-corrected chi connectivity index (χ4v) is 6.77. The Morgan fingerprint density at radius 1 is 1.17 bits per heavy atom. The first kappa shape index (κ1) is 19.1. The molecule has 1 fully saturated rings. The Bertz CT molecular complexity index is 1340. The summed E-state index contributed by atoms with van der Waals surface area (Å²) in [6, 6.07) is 13.3. The number of hydrogen-bond donors (Lipinski definition) is 1. The number of rotatable bonds is 4. The summed E-state index contributed by atoms with van der Waals surface area (Å²) in [5.74, 6) is 0. The molecule has 0 saturated heterocycles. The number of pyridine rings is 1. The first-order chi connectivity index (χ1) is 14.5. The van der Waals surface area contributed by atoms with Crippen LogP contribution in [0.5, 0.6) is 0 Å². The quantitative estimate of drug-likeness (QED) is 0.523. The normalized spacial score (nSPS) is 15.2. The molecule has 2 N–H and O–H groups in total. The molecule has 8 heteroatoms. The first-order valence-corrected chi connectivity index (χ1v) is 11.8. The Kier molecular flexibility index (Phi) is 4.75. The predicted molar refractivity (Wildman–Crippen MR) is 122 cm³/mol. The van der Waals surface area contributed by atoms with Gasteiger partial charge in [-0.3, -0.25) is 9.00 Å². The molecule has 0 radical (unpaired) electrons. The summed E-state index contributed by atoms with van der Waals surface area (Å²) >= 11 is 1.39. The third-order valence-corrected chi connectivity index (χ3v) is 8.83. The van der Waals surface area contributed by atoms with Crippen molar-refractivity contribution in [2.24, 2.45) is 7.05 Å². The number of nitrogen functional groups attached to an aromatic ring is 1. The number of nitrogens with zero attached hydrogens (tertiary/aromatic N) is 3. The standard InChI is InChI=1S/C22H20N4O2S2/c1-26-12-24-16(11-18(26)27)17-10-15(13-6-3-2-4-7-13)19-20(23)22(29-21(19)25-17)30(28)14-8-5-9-14/h2-4,6-7,10-12,14H,5,8-9,23H2,1H3/t30-/m1/s1. The van der Waals surface area contributed by atoms with Gasteiger partial charge in [0.15, 0.2) is 0 Å². The largest absolute Gasteiger partial charge is 0.396 e. The maximum absolute atomic E-state index is 13.1. The molecule has 4 aromatic rings. The van der Waals surface area contributed by atoms with Crippen molar-refractivity contribution in [3.05, 3.63) is 59.1 Å². The van der Waals surface area contributed by atoms with Crippen LogP contribution < -0.4 is 11.3 Å². The van der Waals surface area contributed by atoms with E-state index in [1.165, 1.54) is 28.3 Å². The summed E-state index contributed by atoms with van der Waals surface area (Å²) in [4.78, 5) is 22.0. The second kappa shape index (κ2) is 7.45. The van der Waals surface area contributed by atoms with Crippen molar-refractivity contribution in [2.75, 3.05) is 5.73 Å². The fraction of sp³-hybridized carbons (Fsp3) is 0.227. The Balaban J connectivity index is 1.76. The topological polar surface area (TPSA) is 90.9 Å². The lowest BCUT2D eigenvalue weighted by Gasteiger charge is -2.23. The number of hydrogen-bond acceptors (Lipinski definition) is 6. The highest BCUT2D eigenvalue weighted by atomic mass is 32.2. The van der Waals surface area contributed by atoms with Crippen LogP contribution >= 0.6 is 11.3 Å². The van der Waals surface area contributed by atoms with Crippen molar-refractivity contribution in [3.8, 4) is 22.5 Å². The minimum atomic E-state index is -1.12. The zero-order valence-corrected chi connectivity index (χ0v) is 18.0. The van der Waals surface area contributed by atoms with Crippen LogP contribution in [0.3, 0.4) is 0 Å². The van der Waals surface area contributed by atoms with E-state index in [0.29, 0.717) is 26.1 Å². The summed E-state index contributed by atoms with van der Waals surface area (Å²) in [5, 5.41) is 1.00. The average Bonchev–Trinajstić information content (AvgIpc) is 3.05. The Labute approximate surface area is 179 Å². The molecular formula is C22H20N4O2S2. The van der Waals surface area contributed by atoms with Gasteiger partial charge >= 0.3 is 0 Å². The second-order valence-electron chi connectivity index (χ2n) is 7.48. The lowest BCUT2D eigenvalue weighted by molar-refractivity contribution is 0.505. The molecule has 3 aromatic heterocycles. The lowest BCUT2D eigenvalue weighted by atomic mass is 10.00. The van der Waals surface area contributed by atoms with Crippen LogP contribution in [-0.2, 0) is 17.8 Å². The van der Waals surface area contributed by atoms with E-state index in [4.69, 9.17) is 10.7 Å². The van der Waals surface area contributed by atoms with E-state index in [-0.39, 0.29) is 10.8 Å². The highest BCUT2D eigenvalue weighted by molar-refractivity contribution is 7.88. The summed E-state index contributed by atoms with van der Waals surface area (Å²) in [7, 11) is 0.536. The smallest absolute Gasteiger partial charge is 0.253 e. The Hall–Kier alpha value is -2.84. The summed E-state index contributed by atoms with van der Waals surface area (Å²) in [6.07, 6.45) is 4.56. The van der Waals surface area contributed by atoms with Gasteiger partial charge in [-0.1, -0.05) is 36.8 Å². The number of benzene rings is 1. The fourth-order valence-electron chi connectivity index (χ4n) is 3.56. The van der Waals surface area contributed by atoms with Gasteiger partial charge < -0.3 is 10.3 Å². The van der Waals surface area contributed by atoms with E-state index in [1.54, 1.807) is 7.05 Å². The van der Waals surface area contributed by atoms with Crippen molar-refractivity contribution in [2.45, 2.75) is 28.7 Å². The molecule has 0 bridgehead atoms. The summed E-state index contributed by atoms with van der Waals surface area (Å²) in [5.41, 5.74) is 9.93. The van der Waals surface area contributed by atoms with E-state index in [0.717, 1.165) is 35.8 Å². The van der Waals surface area contributed by atoms with Gasteiger partial charge in [0.25, 0.3) is 5.56 Å². The van der Waals surface area contributed by atoms with E-state index >= 15 is 0 Å². The molecular weight excluding hydrogens is 416 g/mol. The maximum Gasteiger partial charge on any atom is 0.253 e. The SMILES string of the molecule is Cn1cnc(-c2cc(-c3ccccc3)c3c(N)c([S@](=O)C4CCC4)sc3n2)cc1=O. The Morgan fingerprint density at radius 2 is 1.93 bits per heavy atom. The zero-order chi connectivity index (χ0) is 20.8. The van der Waals surface area contributed by atoms with Crippen LogP contribution in [-0.4, -0.2) is 24.0 Å². The lowest BCUT2D eigenvalue weighted by Crippen LogP contribution is -2.23. The number of nitrogens with two attached hydrogens (primary N) is 1. The van der Waals surface area contributed by atoms with E-state index in [1.807, 2.05) is 36.4 Å². The molecule has 1 aliphatic carbocycles. The molecule has 5 rings (SSSR count). The van der Waals surface area contributed by atoms with Gasteiger partial charge in [0.05, 0.1) is 34.2 Å². The van der Waals surface area contributed by atoms with Gasteiger partial charge in [0.1, 0.15) is 9.04 Å². The third-order valence-electron chi connectivity index (χ3n) is 5.53. The van der Waals surface area contributed by atoms with Crippen molar-refractivity contribution >= 4 is 38.0 Å². The number of anilines is 1. The van der Waals surface area contributed by atoms with E-state index < -0.39 is 10.8 Å². The van der Waals surface area contributed by atoms with Crippen LogP contribution in [0.25, 0.3) is 32.7 Å². The second-order valence-corrected chi connectivity index (χ2v) is 10.4. The molecule has 1 atom stereocenters. The molecule has 1 saturated carbocycles. The van der Waals surface area contributed by atoms with Crippen LogP contribution in [0.15, 0.2) is 57.8 Å². The molecule has 152 valence electrons. The molecule has 0 spiro atoms. The summed E-state index contributed by atoms with van der Waals surface area (Å²) in [6.45, 7) is 0. The molecule has 0 unspecified atom stereocenters. The minimum Gasteiger partial charge on any atom is -0.396 e. The van der Waals surface area contributed by atoms with Gasteiger partial charge in [-0.15, -0.1) is 11.3 Å². The Morgan fingerprint density at radius 3 is 2.60 bits per heavy atom. The van der Waals surface area contributed by atoms with Gasteiger partial charge in [-0.25, -0.2) is 9.97 Å². The molecule has 3 heterocycles. The van der Waals surface area contributed by atoms with E-state index in [2.05, 4.69) is 4.98 Å². The first-order valence-electron chi connectivity index (χ1n) is 9.75. The van der Waals surface area contributed by atoms with Gasteiger partial charge in [-0.2, -0.15) is 0 Å². The highest BCUT2D eigenvalue weighted by Gasteiger charge is 2.29. The molecule has 0 aliphatic heterocycles. The van der Waals surface area contributed by atoms with Crippen LogP contribution in [0, 0.1) is 0 Å².